The van der Waals surface area contributed by atoms with E-state index in [9.17, 15) is 9.90 Å². The van der Waals surface area contributed by atoms with Gasteiger partial charge < -0.3 is 15.7 Å². The van der Waals surface area contributed by atoms with E-state index in [1.165, 1.54) is 6.42 Å². The Labute approximate surface area is 130 Å². The van der Waals surface area contributed by atoms with Crippen LogP contribution in [0.4, 0.5) is 4.79 Å². The first-order valence-corrected chi connectivity index (χ1v) is 8.55. The lowest BCUT2D eigenvalue weighted by Gasteiger charge is -2.32. The summed E-state index contributed by atoms with van der Waals surface area (Å²) in [5, 5.41) is 18.9. The molecule has 0 spiro atoms. The lowest BCUT2D eigenvalue weighted by Crippen LogP contribution is -2.47. The molecule has 0 aromatic carbocycles. The molecular formula is C15H25N3O2S. The van der Waals surface area contributed by atoms with Crippen LogP contribution in [0.5, 0.6) is 0 Å². The maximum absolute atomic E-state index is 11.8. The van der Waals surface area contributed by atoms with Crippen molar-refractivity contribution in [3.8, 4) is 0 Å². The van der Waals surface area contributed by atoms with Crippen LogP contribution in [0, 0.1) is 0 Å². The third-order valence-corrected chi connectivity index (χ3v) is 5.05. The SMILES string of the molecule is CC(C)c1nc(CNC(=O)NCC2(O)CCCCC2)cs1. The van der Waals surface area contributed by atoms with E-state index in [4.69, 9.17) is 0 Å². The Balaban J connectivity index is 1.71. The highest BCUT2D eigenvalue weighted by Gasteiger charge is 2.29. The van der Waals surface area contributed by atoms with E-state index >= 15 is 0 Å². The molecule has 1 heterocycles. The molecule has 0 radical (unpaired) electrons. The number of aromatic nitrogens is 1. The van der Waals surface area contributed by atoms with Crippen LogP contribution in [-0.2, 0) is 6.54 Å². The molecule has 118 valence electrons. The Bertz CT molecular complexity index is 467. The third-order valence-electron chi connectivity index (χ3n) is 3.86. The molecule has 6 heteroatoms. The second-order valence-corrected chi connectivity index (χ2v) is 7.04. The van der Waals surface area contributed by atoms with Crippen LogP contribution in [0.25, 0.3) is 0 Å². The lowest BCUT2D eigenvalue weighted by atomic mass is 9.85. The Morgan fingerprint density at radius 2 is 2.10 bits per heavy atom. The average Bonchev–Trinajstić information content (AvgIpc) is 2.93. The minimum Gasteiger partial charge on any atom is -0.388 e. The molecule has 0 atom stereocenters. The van der Waals surface area contributed by atoms with Crippen LogP contribution < -0.4 is 10.6 Å². The summed E-state index contributed by atoms with van der Waals surface area (Å²) in [6.07, 6.45) is 4.80. The van der Waals surface area contributed by atoms with E-state index in [1.54, 1.807) is 11.3 Å². The second kappa shape index (κ2) is 7.22. The fourth-order valence-corrected chi connectivity index (χ4v) is 3.37. The number of rotatable bonds is 5. The Morgan fingerprint density at radius 3 is 2.71 bits per heavy atom. The first-order chi connectivity index (χ1) is 9.98. The maximum Gasteiger partial charge on any atom is 0.315 e. The summed E-state index contributed by atoms with van der Waals surface area (Å²) in [5.41, 5.74) is 0.163. The largest absolute Gasteiger partial charge is 0.388 e. The fraction of sp³-hybridized carbons (Fsp3) is 0.733. The van der Waals surface area contributed by atoms with Gasteiger partial charge in [0, 0.05) is 17.8 Å². The molecule has 0 bridgehead atoms. The number of carbonyl (C=O) groups excluding carboxylic acids is 1. The smallest absolute Gasteiger partial charge is 0.315 e. The van der Waals surface area contributed by atoms with Gasteiger partial charge in [0.1, 0.15) is 0 Å². The van der Waals surface area contributed by atoms with Crippen molar-refractivity contribution in [2.45, 2.75) is 64.0 Å². The van der Waals surface area contributed by atoms with Crippen molar-refractivity contribution in [1.82, 2.24) is 15.6 Å². The minimum atomic E-state index is -0.721. The summed E-state index contributed by atoms with van der Waals surface area (Å²) < 4.78 is 0. The van der Waals surface area contributed by atoms with Crippen LogP contribution in [0.3, 0.4) is 0 Å². The van der Waals surface area contributed by atoms with Crippen molar-refractivity contribution in [3.05, 3.63) is 16.1 Å². The average molecular weight is 311 g/mol. The van der Waals surface area contributed by atoms with Crippen molar-refractivity contribution < 1.29 is 9.90 Å². The van der Waals surface area contributed by atoms with Crippen LogP contribution in [0.2, 0.25) is 0 Å². The van der Waals surface area contributed by atoms with Crippen molar-refractivity contribution in [3.63, 3.8) is 0 Å². The van der Waals surface area contributed by atoms with E-state index in [0.29, 0.717) is 19.0 Å². The zero-order valence-corrected chi connectivity index (χ0v) is 13.6. The summed E-state index contributed by atoms with van der Waals surface area (Å²) in [4.78, 5) is 16.3. The van der Waals surface area contributed by atoms with Gasteiger partial charge in [0.25, 0.3) is 0 Å². The lowest BCUT2D eigenvalue weighted by molar-refractivity contribution is 0.00719. The first-order valence-electron chi connectivity index (χ1n) is 7.67. The standard InChI is InChI=1S/C15H25N3O2S/c1-11(2)13-18-12(9-21-13)8-16-14(19)17-10-15(20)6-4-3-5-7-15/h9,11,20H,3-8,10H2,1-2H3,(H2,16,17,19). The van der Waals surface area contributed by atoms with Gasteiger partial charge in [-0.15, -0.1) is 11.3 Å². The van der Waals surface area contributed by atoms with Crippen molar-refractivity contribution in [1.29, 1.82) is 0 Å². The van der Waals surface area contributed by atoms with Gasteiger partial charge in [-0.2, -0.15) is 0 Å². The molecule has 1 saturated carbocycles. The predicted molar refractivity (Wildman–Crippen MR) is 84.5 cm³/mol. The second-order valence-electron chi connectivity index (χ2n) is 6.15. The Morgan fingerprint density at radius 1 is 1.38 bits per heavy atom. The monoisotopic (exact) mass is 311 g/mol. The molecule has 1 aromatic heterocycles. The summed E-state index contributed by atoms with van der Waals surface area (Å²) in [6.45, 7) is 4.96. The highest BCUT2D eigenvalue weighted by Crippen LogP contribution is 2.27. The quantitative estimate of drug-likeness (QED) is 0.783. The van der Waals surface area contributed by atoms with Crippen molar-refractivity contribution in [2.24, 2.45) is 0 Å². The molecule has 3 N–H and O–H groups in total. The van der Waals surface area contributed by atoms with Gasteiger partial charge >= 0.3 is 6.03 Å². The number of carbonyl (C=O) groups is 1. The molecule has 0 unspecified atom stereocenters. The van der Waals surface area contributed by atoms with Gasteiger partial charge in [-0.05, 0) is 12.8 Å². The summed E-state index contributed by atoms with van der Waals surface area (Å²) in [5.74, 6) is 0.415. The van der Waals surface area contributed by atoms with E-state index in [0.717, 1.165) is 36.4 Å². The molecule has 2 rings (SSSR count). The van der Waals surface area contributed by atoms with Crippen LogP contribution in [-0.4, -0.2) is 28.3 Å². The number of hydrogen-bond acceptors (Lipinski definition) is 4. The number of aliphatic hydroxyl groups is 1. The number of nitrogens with zero attached hydrogens (tertiary/aromatic N) is 1. The van der Waals surface area contributed by atoms with E-state index in [1.807, 2.05) is 5.38 Å². The first kappa shape index (κ1) is 16.2. The molecule has 1 aromatic rings. The van der Waals surface area contributed by atoms with Gasteiger partial charge in [0.05, 0.1) is 22.8 Å². The Hall–Kier alpha value is -1.14. The Kier molecular flexibility index (Phi) is 5.58. The number of nitrogens with one attached hydrogen (secondary N) is 2. The summed E-state index contributed by atoms with van der Waals surface area (Å²) >= 11 is 1.62. The van der Waals surface area contributed by atoms with Crippen LogP contribution >= 0.6 is 11.3 Å². The van der Waals surface area contributed by atoms with Gasteiger partial charge in [0.2, 0.25) is 0 Å². The van der Waals surface area contributed by atoms with Crippen molar-refractivity contribution >= 4 is 17.4 Å². The predicted octanol–water partition coefficient (Wildman–Crippen LogP) is 2.76. The van der Waals surface area contributed by atoms with E-state index < -0.39 is 5.60 Å². The molecule has 21 heavy (non-hydrogen) atoms. The molecule has 0 saturated heterocycles. The van der Waals surface area contributed by atoms with Gasteiger partial charge in [-0.25, -0.2) is 9.78 Å². The van der Waals surface area contributed by atoms with Gasteiger partial charge in [-0.3, -0.25) is 0 Å². The molecule has 1 aliphatic rings. The van der Waals surface area contributed by atoms with Gasteiger partial charge in [0.15, 0.2) is 0 Å². The zero-order valence-electron chi connectivity index (χ0n) is 12.8. The zero-order chi connectivity index (χ0) is 15.3. The topological polar surface area (TPSA) is 74.2 Å². The highest BCUT2D eigenvalue weighted by molar-refractivity contribution is 7.09. The molecular weight excluding hydrogens is 286 g/mol. The molecule has 1 aliphatic carbocycles. The fourth-order valence-electron chi connectivity index (χ4n) is 2.53. The number of hydrogen-bond donors (Lipinski definition) is 3. The molecule has 0 aliphatic heterocycles. The summed E-state index contributed by atoms with van der Waals surface area (Å²) in [6, 6.07) is -0.243. The minimum absolute atomic E-state index is 0.243. The normalized spacial score (nSPS) is 17.7. The number of urea groups is 1. The molecule has 2 amide bonds. The highest BCUT2D eigenvalue weighted by atomic mass is 32.1. The number of thiazole rings is 1. The third kappa shape index (κ3) is 4.97. The number of amides is 2. The van der Waals surface area contributed by atoms with Gasteiger partial charge in [-0.1, -0.05) is 33.1 Å². The van der Waals surface area contributed by atoms with E-state index in [2.05, 4.69) is 29.5 Å². The maximum atomic E-state index is 11.8. The summed E-state index contributed by atoms with van der Waals surface area (Å²) in [7, 11) is 0. The molecule has 1 fully saturated rings. The van der Waals surface area contributed by atoms with Crippen LogP contribution in [0.15, 0.2) is 5.38 Å². The van der Waals surface area contributed by atoms with Crippen molar-refractivity contribution in [2.75, 3.05) is 6.54 Å². The van der Waals surface area contributed by atoms with Crippen LogP contribution in [0.1, 0.15) is 62.6 Å². The molecule has 5 nitrogen and oxygen atoms in total. The van der Waals surface area contributed by atoms with E-state index in [-0.39, 0.29) is 6.03 Å².